The lowest BCUT2D eigenvalue weighted by Crippen LogP contribution is -2.35. The molecule has 2 rings (SSSR count). The fraction of sp³-hybridized carbons (Fsp3) is 0.727. The normalized spacial score (nSPS) is 20.1. The Kier molecular flexibility index (Phi) is 11.6. The molecule has 2 N–H and O–H groups in total. The highest BCUT2D eigenvalue weighted by Crippen LogP contribution is 2.37. The quantitative estimate of drug-likeness (QED) is 0.234. The predicted molar refractivity (Wildman–Crippen MR) is 134 cm³/mol. The maximum absolute atomic E-state index is 12.2. The van der Waals surface area contributed by atoms with E-state index in [4.69, 9.17) is 18.5 Å². The zero-order valence-corrected chi connectivity index (χ0v) is 22.8. The van der Waals surface area contributed by atoms with Gasteiger partial charge in [0, 0.05) is 23.4 Å². The number of nitrogens with zero attached hydrogens (tertiary/aromatic N) is 1. The van der Waals surface area contributed by atoms with E-state index >= 15 is 0 Å². The Hall–Kier alpha value is -1.56. The smallest absolute Gasteiger partial charge is 0.330 e. The zero-order valence-electron chi connectivity index (χ0n) is 21.1. The predicted octanol–water partition coefficient (Wildman–Crippen LogP) is 2.71. The number of carbonyl (C=O) groups is 2. The number of rotatable bonds is 12. The molecule has 0 spiro atoms. The molecule has 0 aromatic carbocycles. The van der Waals surface area contributed by atoms with Crippen molar-refractivity contribution < 1.29 is 28.1 Å². The van der Waals surface area contributed by atoms with E-state index < -0.39 is 43.4 Å². The second-order valence-electron chi connectivity index (χ2n) is 9.42. The highest BCUT2D eigenvalue weighted by molar-refractivity contribution is 8.13. The SMILES string of the molecule is CC(C)OC(=O)C(C)NP(OCCSC(=O)C(C)(C)C)OCC1CCC(n2ccc(=O)[nH]c2=O)O1. The number of hydrogen-bond donors (Lipinski definition) is 2. The molecule has 1 aromatic heterocycles. The van der Waals surface area contributed by atoms with Gasteiger partial charge in [-0.15, -0.1) is 0 Å². The molecule has 198 valence electrons. The number of nitrogens with one attached hydrogen (secondary N) is 2. The molecular formula is C22H36N3O8PS. The summed E-state index contributed by atoms with van der Waals surface area (Å²) in [5.41, 5.74) is -1.44. The highest BCUT2D eigenvalue weighted by Gasteiger charge is 2.30. The molecule has 4 atom stereocenters. The Morgan fingerprint density at radius 3 is 2.60 bits per heavy atom. The lowest BCUT2D eigenvalue weighted by Gasteiger charge is -2.23. The van der Waals surface area contributed by atoms with Crippen LogP contribution in [-0.2, 0) is 28.1 Å². The van der Waals surface area contributed by atoms with Crippen LogP contribution in [0.5, 0.6) is 0 Å². The molecule has 0 bridgehead atoms. The average Bonchev–Trinajstić information content (AvgIpc) is 3.21. The van der Waals surface area contributed by atoms with Crippen molar-refractivity contribution in [1.82, 2.24) is 14.6 Å². The van der Waals surface area contributed by atoms with Crippen LogP contribution in [0.25, 0.3) is 0 Å². The van der Waals surface area contributed by atoms with Gasteiger partial charge in [-0.2, -0.15) is 0 Å². The number of ether oxygens (including phenoxy) is 2. The van der Waals surface area contributed by atoms with E-state index in [1.165, 1.54) is 28.6 Å². The van der Waals surface area contributed by atoms with Crippen LogP contribution in [-0.4, -0.2) is 57.9 Å². The molecule has 0 amide bonds. The van der Waals surface area contributed by atoms with Crippen LogP contribution in [0.15, 0.2) is 21.9 Å². The van der Waals surface area contributed by atoms with Crippen molar-refractivity contribution in [3.8, 4) is 0 Å². The maximum atomic E-state index is 12.2. The molecule has 1 aliphatic rings. The first kappa shape index (κ1) is 29.7. The van der Waals surface area contributed by atoms with Crippen molar-refractivity contribution in [3.63, 3.8) is 0 Å². The fourth-order valence-corrected chi connectivity index (χ4v) is 5.06. The van der Waals surface area contributed by atoms with E-state index in [2.05, 4.69) is 10.1 Å². The number of hydrogen-bond acceptors (Lipinski definition) is 10. The summed E-state index contributed by atoms with van der Waals surface area (Å²) in [5, 5.41) is 3.09. The van der Waals surface area contributed by atoms with Crippen molar-refractivity contribution in [3.05, 3.63) is 33.1 Å². The van der Waals surface area contributed by atoms with Gasteiger partial charge >= 0.3 is 11.7 Å². The van der Waals surface area contributed by atoms with Gasteiger partial charge in [-0.3, -0.25) is 23.9 Å². The number of esters is 1. The average molecular weight is 534 g/mol. The van der Waals surface area contributed by atoms with Crippen LogP contribution in [0.4, 0.5) is 0 Å². The van der Waals surface area contributed by atoms with Crippen LogP contribution in [0.1, 0.15) is 60.6 Å². The third-order valence-electron chi connectivity index (χ3n) is 4.77. The lowest BCUT2D eigenvalue weighted by atomic mass is 10.00. The summed E-state index contributed by atoms with van der Waals surface area (Å²) >= 11 is 1.19. The number of H-pyrrole nitrogens is 1. The first-order chi connectivity index (χ1) is 16.4. The van der Waals surface area contributed by atoms with Crippen molar-refractivity contribution in [2.24, 2.45) is 5.41 Å². The van der Waals surface area contributed by atoms with Gasteiger partial charge in [-0.05, 0) is 33.6 Å². The minimum Gasteiger partial charge on any atom is -0.462 e. The second kappa shape index (κ2) is 13.7. The third kappa shape index (κ3) is 10.1. The van der Waals surface area contributed by atoms with Crippen LogP contribution in [0.2, 0.25) is 0 Å². The minimum absolute atomic E-state index is 0.0658. The monoisotopic (exact) mass is 533 g/mol. The van der Waals surface area contributed by atoms with Crippen LogP contribution >= 0.6 is 20.3 Å². The molecule has 1 aliphatic heterocycles. The summed E-state index contributed by atoms with van der Waals surface area (Å²) in [6, 6.07) is 0.607. The number of carbonyl (C=O) groups excluding carboxylic acids is 2. The lowest BCUT2D eigenvalue weighted by molar-refractivity contribution is -0.149. The largest absolute Gasteiger partial charge is 0.462 e. The van der Waals surface area contributed by atoms with E-state index in [1.807, 2.05) is 20.8 Å². The summed E-state index contributed by atoms with van der Waals surface area (Å²) in [6.07, 6.45) is 1.57. The molecule has 1 fully saturated rings. The standard InChI is InChI=1S/C22H36N3O8PS/c1-14(2)32-19(27)15(3)24-34(30-11-12-35-20(28)22(4,5)6)31-13-16-7-8-18(33-16)25-10-9-17(26)23-21(25)29/h9-10,14-16,18,24H,7-8,11-13H2,1-6H3,(H,23,26,29). The molecule has 1 saturated heterocycles. The fourth-order valence-electron chi connectivity index (χ4n) is 2.95. The Balaban J connectivity index is 1.91. The van der Waals surface area contributed by atoms with Crippen molar-refractivity contribution in [2.75, 3.05) is 19.0 Å². The first-order valence-electron chi connectivity index (χ1n) is 11.5. The molecule has 0 radical (unpaired) electrons. The Bertz CT molecular complexity index is 961. The summed E-state index contributed by atoms with van der Waals surface area (Å²) in [5.74, 6) is 0.0219. The van der Waals surface area contributed by atoms with Crippen LogP contribution in [0, 0.1) is 5.41 Å². The molecule has 11 nitrogen and oxygen atoms in total. The minimum atomic E-state index is -1.68. The summed E-state index contributed by atoms with van der Waals surface area (Å²) in [6.45, 7) is 11.2. The molecule has 35 heavy (non-hydrogen) atoms. The molecule has 2 heterocycles. The molecule has 1 aromatic rings. The summed E-state index contributed by atoms with van der Waals surface area (Å²) in [7, 11) is -1.68. The van der Waals surface area contributed by atoms with E-state index in [0.717, 1.165) is 0 Å². The zero-order chi connectivity index (χ0) is 26.2. The highest BCUT2D eigenvalue weighted by atomic mass is 32.2. The Morgan fingerprint density at radius 1 is 1.26 bits per heavy atom. The molecular weight excluding hydrogens is 497 g/mol. The maximum Gasteiger partial charge on any atom is 0.330 e. The third-order valence-corrected chi connectivity index (χ3v) is 7.41. The van der Waals surface area contributed by atoms with E-state index in [1.54, 1.807) is 20.8 Å². The van der Waals surface area contributed by atoms with Gasteiger partial charge < -0.3 is 18.5 Å². The second-order valence-corrected chi connectivity index (χ2v) is 11.8. The summed E-state index contributed by atoms with van der Waals surface area (Å²) in [4.78, 5) is 49.9. The van der Waals surface area contributed by atoms with Crippen molar-refractivity contribution in [2.45, 2.75) is 78.9 Å². The van der Waals surface area contributed by atoms with Crippen LogP contribution in [0.3, 0.4) is 0 Å². The number of aromatic amines is 1. The number of aromatic nitrogens is 2. The molecule has 4 unspecified atom stereocenters. The van der Waals surface area contributed by atoms with Crippen molar-refractivity contribution >= 4 is 31.4 Å². The van der Waals surface area contributed by atoms with Gasteiger partial charge in [0.2, 0.25) is 0 Å². The van der Waals surface area contributed by atoms with Crippen molar-refractivity contribution in [1.29, 1.82) is 0 Å². The summed E-state index contributed by atoms with van der Waals surface area (Å²) < 4.78 is 24.2. The van der Waals surface area contributed by atoms with Gasteiger partial charge in [-0.25, -0.2) is 9.88 Å². The van der Waals surface area contributed by atoms with Gasteiger partial charge in [0.15, 0.2) is 5.12 Å². The number of thioether (sulfide) groups is 1. The first-order valence-corrected chi connectivity index (χ1v) is 13.7. The van der Waals surface area contributed by atoms with E-state index in [-0.39, 0.29) is 30.5 Å². The van der Waals surface area contributed by atoms with Gasteiger partial charge in [0.05, 0.1) is 25.4 Å². The molecule has 0 aliphatic carbocycles. The Labute approximate surface area is 210 Å². The Morgan fingerprint density at radius 2 is 1.97 bits per heavy atom. The van der Waals surface area contributed by atoms with Gasteiger partial charge in [0.25, 0.3) is 14.1 Å². The van der Waals surface area contributed by atoms with Gasteiger partial charge in [-0.1, -0.05) is 32.5 Å². The van der Waals surface area contributed by atoms with E-state index in [0.29, 0.717) is 18.6 Å². The molecule has 0 saturated carbocycles. The van der Waals surface area contributed by atoms with E-state index in [9.17, 15) is 19.2 Å². The van der Waals surface area contributed by atoms with Crippen LogP contribution < -0.4 is 16.3 Å². The topological polar surface area (TPSA) is 138 Å². The molecule has 13 heteroatoms. The van der Waals surface area contributed by atoms with Gasteiger partial charge in [0.1, 0.15) is 12.3 Å².